The van der Waals surface area contributed by atoms with Gasteiger partial charge in [-0.15, -0.1) is 11.3 Å². The van der Waals surface area contributed by atoms with Crippen LogP contribution in [0.15, 0.2) is 9.72 Å². The minimum absolute atomic E-state index is 0.0767. The zero-order valence-electron chi connectivity index (χ0n) is 11.1. The van der Waals surface area contributed by atoms with Gasteiger partial charge in [-0.2, -0.15) is 0 Å². The zero-order chi connectivity index (χ0) is 15.7. The summed E-state index contributed by atoms with van der Waals surface area (Å²) in [6, 6.07) is 0. The maximum atomic E-state index is 12.2. The second-order valence-electron chi connectivity index (χ2n) is 4.46. The normalized spacial score (nSPS) is 21.3. The molecule has 2 rings (SSSR count). The van der Waals surface area contributed by atoms with E-state index >= 15 is 0 Å². The van der Waals surface area contributed by atoms with Crippen LogP contribution in [-0.2, 0) is 24.6 Å². The topological polar surface area (TPSA) is 120 Å². The summed E-state index contributed by atoms with van der Waals surface area (Å²) in [6.07, 6.45) is 0.958. The molecule has 1 aromatic heterocycles. The van der Waals surface area contributed by atoms with Crippen molar-refractivity contribution in [2.24, 2.45) is 0 Å². The van der Waals surface area contributed by atoms with Gasteiger partial charge in [-0.1, -0.05) is 0 Å². The van der Waals surface area contributed by atoms with Gasteiger partial charge in [0.2, 0.25) is 0 Å². The molecule has 1 aromatic rings. The summed E-state index contributed by atoms with van der Waals surface area (Å²) < 4.78 is 54.1. The minimum atomic E-state index is -4.00. The molecular formula is C10H14N2O6S3. The molecule has 1 aliphatic heterocycles. The molecule has 0 bridgehead atoms. The molecule has 1 fully saturated rings. The molecule has 0 spiro atoms. The van der Waals surface area contributed by atoms with Gasteiger partial charge < -0.3 is 4.74 Å². The van der Waals surface area contributed by atoms with E-state index in [2.05, 4.69) is 14.4 Å². The molecule has 1 unspecified atom stereocenters. The van der Waals surface area contributed by atoms with Crippen molar-refractivity contribution in [1.82, 2.24) is 9.71 Å². The first-order chi connectivity index (χ1) is 9.78. The van der Waals surface area contributed by atoms with Gasteiger partial charge >= 0.3 is 5.97 Å². The van der Waals surface area contributed by atoms with E-state index in [0.29, 0.717) is 12.8 Å². The van der Waals surface area contributed by atoms with Crippen molar-refractivity contribution in [3.63, 3.8) is 0 Å². The highest BCUT2D eigenvalue weighted by Gasteiger charge is 2.33. The van der Waals surface area contributed by atoms with E-state index in [0.717, 1.165) is 18.4 Å². The standard InChI is InChI=1S/C10H14N2O6S3/c1-18-9(13)8-10(19-6-11-8)21(16,17)12-5-7-3-2-4-20(7,14)15/h6-7,12H,2-5H2,1H3. The lowest BCUT2D eigenvalue weighted by Crippen LogP contribution is -2.34. The van der Waals surface area contributed by atoms with Crippen LogP contribution in [0.1, 0.15) is 23.3 Å². The number of hydrogen-bond donors (Lipinski definition) is 1. The van der Waals surface area contributed by atoms with Crippen LogP contribution in [0.25, 0.3) is 0 Å². The number of methoxy groups -OCH3 is 1. The zero-order valence-corrected chi connectivity index (χ0v) is 13.6. The number of thiazole rings is 1. The summed E-state index contributed by atoms with van der Waals surface area (Å²) in [5.74, 6) is -0.780. The minimum Gasteiger partial charge on any atom is -0.464 e. The van der Waals surface area contributed by atoms with Gasteiger partial charge in [-0.3, -0.25) is 0 Å². The number of esters is 1. The third-order valence-electron chi connectivity index (χ3n) is 3.12. The van der Waals surface area contributed by atoms with Crippen molar-refractivity contribution in [2.75, 3.05) is 19.4 Å². The van der Waals surface area contributed by atoms with E-state index in [1.807, 2.05) is 0 Å². The maximum Gasteiger partial charge on any atom is 0.358 e. The Bertz CT molecular complexity index is 737. The molecule has 0 aliphatic carbocycles. The second-order valence-corrected chi connectivity index (χ2v) is 9.68. The Labute approximate surface area is 126 Å². The van der Waals surface area contributed by atoms with Gasteiger partial charge in [-0.25, -0.2) is 31.3 Å². The third kappa shape index (κ3) is 3.42. The molecule has 118 valence electrons. The Morgan fingerprint density at radius 3 is 2.86 bits per heavy atom. The number of hydrogen-bond acceptors (Lipinski definition) is 8. The van der Waals surface area contributed by atoms with Crippen LogP contribution in [0.5, 0.6) is 0 Å². The Kier molecular flexibility index (Phi) is 4.66. The number of carbonyl (C=O) groups is 1. The number of nitrogens with zero attached hydrogens (tertiary/aromatic N) is 1. The Morgan fingerprint density at radius 2 is 2.29 bits per heavy atom. The van der Waals surface area contributed by atoms with Gasteiger partial charge in [-0.05, 0) is 12.8 Å². The van der Waals surface area contributed by atoms with Crippen molar-refractivity contribution in [3.05, 3.63) is 11.2 Å². The highest BCUT2D eigenvalue weighted by molar-refractivity contribution is 7.93. The third-order valence-corrected chi connectivity index (χ3v) is 8.19. The number of nitrogens with one attached hydrogen (secondary N) is 1. The SMILES string of the molecule is COC(=O)c1ncsc1S(=O)(=O)NCC1CCCS1(=O)=O. The molecule has 1 N–H and O–H groups in total. The molecule has 8 nitrogen and oxygen atoms in total. The van der Waals surface area contributed by atoms with E-state index in [9.17, 15) is 21.6 Å². The summed E-state index contributed by atoms with van der Waals surface area (Å²) in [5, 5.41) is -0.721. The van der Waals surface area contributed by atoms with Gasteiger partial charge in [0.1, 0.15) is 0 Å². The molecule has 0 aromatic carbocycles. The molecule has 2 heterocycles. The van der Waals surface area contributed by atoms with Crippen LogP contribution in [0.2, 0.25) is 0 Å². The number of sulfonamides is 1. The molecule has 1 atom stereocenters. The monoisotopic (exact) mass is 354 g/mol. The van der Waals surface area contributed by atoms with Crippen molar-refractivity contribution >= 4 is 37.2 Å². The summed E-state index contributed by atoms with van der Waals surface area (Å²) >= 11 is 0.771. The summed E-state index contributed by atoms with van der Waals surface area (Å²) in [7, 11) is -6.12. The quantitative estimate of drug-likeness (QED) is 0.726. The summed E-state index contributed by atoms with van der Waals surface area (Å²) in [4.78, 5) is 15.1. The smallest absolute Gasteiger partial charge is 0.358 e. The van der Waals surface area contributed by atoms with E-state index in [4.69, 9.17) is 0 Å². The fraction of sp³-hybridized carbons (Fsp3) is 0.600. The molecule has 0 radical (unpaired) electrons. The fourth-order valence-electron chi connectivity index (χ4n) is 2.01. The number of sulfone groups is 1. The van der Waals surface area contributed by atoms with E-state index in [1.54, 1.807) is 0 Å². The van der Waals surface area contributed by atoms with Crippen LogP contribution >= 0.6 is 11.3 Å². The molecule has 1 aliphatic rings. The van der Waals surface area contributed by atoms with Gasteiger partial charge in [0.05, 0.1) is 23.6 Å². The maximum absolute atomic E-state index is 12.2. The lowest BCUT2D eigenvalue weighted by molar-refractivity contribution is 0.0590. The van der Waals surface area contributed by atoms with Gasteiger partial charge in [0, 0.05) is 6.54 Å². The van der Waals surface area contributed by atoms with Crippen LogP contribution < -0.4 is 4.72 Å². The lowest BCUT2D eigenvalue weighted by Gasteiger charge is -2.10. The largest absolute Gasteiger partial charge is 0.464 e. The van der Waals surface area contributed by atoms with Crippen LogP contribution in [0.3, 0.4) is 0 Å². The lowest BCUT2D eigenvalue weighted by atomic mass is 10.2. The first-order valence-electron chi connectivity index (χ1n) is 6.01. The predicted octanol–water partition coefficient (Wildman–Crippen LogP) is -0.215. The Morgan fingerprint density at radius 1 is 1.57 bits per heavy atom. The van der Waals surface area contributed by atoms with Crippen LogP contribution in [-0.4, -0.2) is 52.4 Å². The molecule has 1 saturated heterocycles. The fourth-order valence-corrected chi connectivity index (χ4v) is 6.14. The number of rotatable bonds is 5. The van der Waals surface area contributed by atoms with Gasteiger partial charge in [0.15, 0.2) is 19.7 Å². The van der Waals surface area contributed by atoms with E-state index in [1.165, 1.54) is 5.51 Å². The van der Waals surface area contributed by atoms with Gasteiger partial charge in [0.25, 0.3) is 10.0 Å². The van der Waals surface area contributed by atoms with Crippen molar-refractivity contribution in [3.8, 4) is 0 Å². The Balaban J connectivity index is 2.16. The Hall–Kier alpha value is -1.04. The molecule has 0 amide bonds. The van der Waals surface area contributed by atoms with Crippen molar-refractivity contribution < 1.29 is 26.4 Å². The first kappa shape index (κ1) is 16.3. The number of aromatic nitrogens is 1. The molecular weight excluding hydrogens is 340 g/mol. The first-order valence-corrected chi connectivity index (χ1v) is 10.1. The molecule has 11 heteroatoms. The van der Waals surface area contributed by atoms with E-state index in [-0.39, 0.29) is 22.2 Å². The van der Waals surface area contributed by atoms with Crippen LogP contribution in [0.4, 0.5) is 0 Å². The van der Waals surface area contributed by atoms with Crippen molar-refractivity contribution in [2.45, 2.75) is 22.3 Å². The predicted molar refractivity (Wildman–Crippen MR) is 75.5 cm³/mol. The highest BCUT2D eigenvalue weighted by Crippen LogP contribution is 2.23. The average Bonchev–Trinajstić information content (AvgIpc) is 3.02. The number of carbonyl (C=O) groups excluding carboxylic acids is 1. The average molecular weight is 354 g/mol. The molecule has 21 heavy (non-hydrogen) atoms. The number of ether oxygens (including phenoxy) is 1. The van der Waals surface area contributed by atoms with E-state index < -0.39 is 31.1 Å². The summed E-state index contributed by atoms with van der Waals surface area (Å²) in [6.45, 7) is -0.205. The highest BCUT2D eigenvalue weighted by atomic mass is 32.2. The second kappa shape index (κ2) is 5.99. The summed E-state index contributed by atoms with van der Waals surface area (Å²) in [5.41, 5.74) is 0.914. The van der Waals surface area contributed by atoms with Crippen molar-refractivity contribution in [1.29, 1.82) is 0 Å². The van der Waals surface area contributed by atoms with Crippen LogP contribution in [0, 0.1) is 0 Å². The molecule has 0 saturated carbocycles.